The van der Waals surface area contributed by atoms with Crippen molar-refractivity contribution >= 4 is 5.91 Å². The summed E-state index contributed by atoms with van der Waals surface area (Å²) in [6.07, 6.45) is 6.17. The first-order chi connectivity index (χ1) is 7.83. The van der Waals surface area contributed by atoms with Gasteiger partial charge in [0.1, 0.15) is 0 Å². The Balaban J connectivity index is 1.95. The highest BCUT2D eigenvalue weighted by Crippen LogP contribution is 2.21. The highest BCUT2D eigenvalue weighted by molar-refractivity contribution is 5.82. The van der Waals surface area contributed by atoms with Gasteiger partial charge in [-0.2, -0.15) is 0 Å². The predicted molar refractivity (Wildman–Crippen MR) is 62.1 cm³/mol. The van der Waals surface area contributed by atoms with E-state index < -0.39 is 0 Å². The summed E-state index contributed by atoms with van der Waals surface area (Å²) < 4.78 is 0. The standard InChI is InChI=1S/C12H22N2O2/c15-9-6-10-4-1-2-8-14(10)12(16)11-5-3-7-13-11/h10-11,13,15H,1-9H2/t10?,11-/m1/s1. The number of carbonyl (C=O) groups is 1. The van der Waals surface area contributed by atoms with Crippen molar-refractivity contribution in [1.82, 2.24) is 10.2 Å². The number of hydrogen-bond donors (Lipinski definition) is 2. The summed E-state index contributed by atoms with van der Waals surface area (Å²) in [6.45, 7) is 2.03. The van der Waals surface area contributed by atoms with E-state index in [1.165, 1.54) is 6.42 Å². The Labute approximate surface area is 97.0 Å². The second-order valence-electron chi connectivity index (χ2n) is 4.84. The maximum Gasteiger partial charge on any atom is 0.239 e. The molecule has 0 aromatic heterocycles. The number of piperidine rings is 1. The molecule has 0 bridgehead atoms. The summed E-state index contributed by atoms with van der Waals surface area (Å²) in [5.41, 5.74) is 0. The zero-order valence-electron chi connectivity index (χ0n) is 9.82. The van der Waals surface area contributed by atoms with E-state index in [1.54, 1.807) is 0 Å². The molecule has 0 saturated carbocycles. The van der Waals surface area contributed by atoms with Crippen LogP contribution in [0.5, 0.6) is 0 Å². The van der Waals surface area contributed by atoms with Crippen LogP contribution in [0.25, 0.3) is 0 Å². The van der Waals surface area contributed by atoms with E-state index in [4.69, 9.17) is 5.11 Å². The molecule has 2 rings (SSSR count). The minimum absolute atomic E-state index is 0.0410. The van der Waals surface area contributed by atoms with Gasteiger partial charge >= 0.3 is 0 Å². The Morgan fingerprint density at radius 3 is 2.88 bits per heavy atom. The van der Waals surface area contributed by atoms with Crippen molar-refractivity contribution in [3.63, 3.8) is 0 Å². The fourth-order valence-corrected chi connectivity index (χ4v) is 2.84. The Morgan fingerprint density at radius 2 is 2.19 bits per heavy atom. The van der Waals surface area contributed by atoms with Gasteiger partial charge in [-0.05, 0) is 45.1 Å². The number of aliphatic hydroxyl groups is 1. The van der Waals surface area contributed by atoms with Crippen LogP contribution in [0.1, 0.15) is 38.5 Å². The van der Waals surface area contributed by atoms with Crippen LogP contribution in [0.3, 0.4) is 0 Å². The first-order valence-corrected chi connectivity index (χ1v) is 6.47. The van der Waals surface area contributed by atoms with Crippen LogP contribution < -0.4 is 5.32 Å². The molecule has 0 aliphatic carbocycles. The number of nitrogens with zero attached hydrogens (tertiary/aromatic N) is 1. The second-order valence-corrected chi connectivity index (χ2v) is 4.84. The first kappa shape index (κ1) is 11.9. The molecule has 4 nitrogen and oxygen atoms in total. The number of likely N-dealkylation sites (tertiary alicyclic amines) is 1. The van der Waals surface area contributed by atoms with Crippen molar-refractivity contribution in [2.45, 2.75) is 50.6 Å². The van der Waals surface area contributed by atoms with E-state index in [0.717, 1.165) is 45.2 Å². The number of nitrogens with one attached hydrogen (secondary N) is 1. The van der Waals surface area contributed by atoms with Crippen LogP contribution in [0, 0.1) is 0 Å². The summed E-state index contributed by atoms with van der Waals surface area (Å²) >= 11 is 0. The van der Waals surface area contributed by atoms with E-state index in [2.05, 4.69) is 5.32 Å². The predicted octanol–water partition coefficient (Wildman–Crippen LogP) is 0.502. The molecular weight excluding hydrogens is 204 g/mol. The summed E-state index contributed by atoms with van der Waals surface area (Å²) in [5, 5.41) is 12.3. The van der Waals surface area contributed by atoms with E-state index in [-0.39, 0.29) is 24.6 Å². The van der Waals surface area contributed by atoms with Gasteiger partial charge in [0.15, 0.2) is 0 Å². The van der Waals surface area contributed by atoms with E-state index in [9.17, 15) is 4.79 Å². The molecule has 0 aromatic carbocycles. The SMILES string of the molecule is O=C([C@H]1CCCN1)N1CCCCC1CCO. The lowest BCUT2D eigenvalue weighted by Gasteiger charge is -2.37. The summed E-state index contributed by atoms with van der Waals surface area (Å²) in [6, 6.07) is 0.313. The summed E-state index contributed by atoms with van der Waals surface area (Å²) in [5.74, 6) is 0.260. The number of rotatable bonds is 3. The lowest BCUT2D eigenvalue weighted by molar-refractivity contribution is -0.137. The van der Waals surface area contributed by atoms with E-state index in [1.807, 2.05) is 4.90 Å². The van der Waals surface area contributed by atoms with E-state index in [0.29, 0.717) is 0 Å². The molecule has 0 aromatic rings. The highest BCUT2D eigenvalue weighted by atomic mass is 16.3. The van der Waals surface area contributed by atoms with Gasteiger partial charge < -0.3 is 15.3 Å². The van der Waals surface area contributed by atoms with Crippen molar-refractivity contribution in [2.24, 2.45) is 0 Å². The third kappa shape index (κ3) is 2.55. The molecule has 16 heavy (non-hydrogen) atoms. The fourth-order valence-electron chi connectivity index (χ4n) is 2.84. The van der Waals surface area contributed by atoms with Crippen LogP contribution in [0.2, 0.25) is 0 Å². The maximum absolute atomic E-state index is 12.3. The third-order valence-electron chi connectivity index (χ3n) is 3.73. The van der Waals surface area contributed by atoms with Crippen molar-refractivity contribution in [3.8, 4) is 0 Å². The van der Waals surface area contributed by atoms with Gasteiger partial charge in [0.25, 0.3) is 0 Å². The highest BCUT2D eigenvalue weighted by Gasteiger charge is 2.32. The Hall–Kier alpha value is -0.610. The second kappa shape index (κ2) is 5.64. The Kier molecular flexibility index (Phi) is 4.18. The topological polar surface area (TPSA) is 52.6 Å². The average Bonchev–Trinajstić information content (AvgIpc) is 2.83. The van der Waals surface area contributed by atoms with Gasteiger partial charge in [0.05, 0.1) is 6.04 Å². The van der Waals surface area contributed by atoms with Crippen LogP contribution in [0.15, 0.2) is 0 Å². The number of amides is 1. The van der Waals surface area contributed by atoms with Crippen LogP contribution >= 0.6 is 0 Å². The maximum atomic E-state index is 12.3. The first-order valence-electron chi connectivity index (χ1n) is 6.47. The largest absolute Gasteiger partial charge is 0.396 e. The molecule has 2 saturated heterocycles. The average molecular weight is 226 g/mol. The van der Waals surface area contributed by atoms with Gasteiger partial charge in [-0.1, -0.05) is 0 Å². The number of hydrogen-bond acceptors (Lipinski definition) is 3. The Bertz CT molecular complexity index is 237. The molecule has 2 heterocycles. The molecular formula is C12H22N2O2. The smallest absolute Gasteiger partial charge is 0.239 e. The normalized spacial score (nSPS) is 30.7. The fraction of sp³-hybridized carbons (Fsp3) is 0.917. The monoisotopic (exact) mass is 226 g/mol. The van der Waals surface area contributed by atoms with Crippen molar-refractivity contribution in [3.05, 3.63) is 0 Å². The molecule has 4 heteroatoms. The van der Waals surface area contributed by atoms with Crippen molar-refractivity contribution in [1.29, 1.82) is 0 Å². The van der Waals surface area contributed by atoms with Crippen molar-refractivity contribution < 1.29 is 9.90 Å². The van der Waals surface area contributed by atoms with Crippen molar-refractivity contribution in [2.75, 3.05) is 19.7 Å². The van der Waals surface area contributed by atoms with Gasteiger partial charge in [-0.15, -0.1) is 0 Å². The quantitative estimate of drug-likeness (QED) is 0.737. The van der Waals surface area contributed by atoms with Crippen LogP contribution in [-0.2, 0) is 4.79 Å². The molecule has 2 fully saturated rings. The number of carbonyl (C=O) groups excluding carboxylic acids is 1. The lowest BCUT2D eigenvalue weighted by atomic mass is 9.98. The van der Waals surface area contributed by atoms with Gasteiger partial charge in [0, 0.05) is 19.2 Å². The molecule has 92 valence electrons. The summed E-state index contributed by atoms with van der Waals surface area (Å²) in [7, 11) is 0. The lowest BCUT2D eigenvalue weighted by Crippen LogP contribution is -2.50. The molecule has 2 atom stereocenters. The van der Waals surface area contributed by atoms with Gasteiger partial charge in [-0.3, -0.25) is 4.79 Å². The minimum Gasteiger partial charge on any atom is -0.396 e. The minimum atomic E-state index is 0.0410. The molecule has 2 aliphatic rings. The van der Waals surface area contributed by atoms with Gasteiger partial charge in [-0.25, -0.2) is 0 Å². The zero-order valence-corrected chi connectivity index (χ0v) is 9.82. The zero-order chi connectivity index (χ0) is 11.4. The molecule has 0 spiro atoms. The van der Waals surface area contributed by atoms with Crippen LogP contribution in [0.4, 0.5) is 0 Å². The third-order valence-corrected chi connectivity index (χ3v) is 3.73. The summed E-state index contributed by atoms with van der Waals surface area (Å²) in [4.78, 5) is 14.3. The molecule has 0 radical (unpaired) electrons. The molecule has 1 amide bonds. The molecule has 1 unspecified atom stereocenters. The Morgan fingerprint density at radius 1 is 1.31 bits per heavy atom. The molecule has 2 aliphatic heterocycles. The van der Waals surface area contributed by atoms with E-state index >= 15 is 0 Å². The molecule has 2 N–H and O–H groups in total. The van der Waals surface area contributed by atoms with Gasteiger partial charge in [0.2, 0.25) is 5.91 Å². The van der Waals surface area contributed by atoms with Crippen LogP contribution in [-0.4, -0.2) is 47.7 Å². The number of aliphatic hydroxyl groups excluding tert-OH is 1.